The van der Waals surface area contributed by atoms with Crippen molar-refractivity contribution in [3.8, 4) is 5.75 Å². The van der Waals surface area contributed by atoms with E-state index in [0.29, 0.717) is 23.3 Å². The molecule has 1 rings (SSSR count). The van der Waals surface area contributed by atoms with Gasteiger partial charge in [-0.15, -0.1) is 0 Å². The topological polar surface area (TPSA) is 49.3 Å². The monoisotopic (exact) mass is 369 g/mol. The van der Waals surface area contributed by atoms with Crippen LogP contribution in [0.25, 0.3) is 0 Å². The van der Waals surface area contributed by atoms with Gasteiger partial charge in [0.2, 0.25) is 0 Å². The Morgan fingerprint density at radius 1 is 1.44 bits per heavy atom. The summed E-state index contributed by atoms with van der Waals surface area (Å²) in [6.45, 7) is 1.23. The summed E-state index contributed by atoms with van der Waals surface area (Å²) in [5, 5.41) is 12.9. The van der Waals surface area contributed by atoms with Crippen LogP contribution in [-0.4, -0.2) is 27.9 Å². The third kappa shape index (κ3) is 4.53. The van der Waals surface area contributed by atoms with Crippen molar-refractivity contribution in [3.05, 3.63) is 26.6 Å². The zero-order valence-electron chi connectivity index (χ0n) is 8.80. The summed E-state index contributed by atoms with van der Waals surface area (Å²) in [7, 11) is -0.781. The van der Waals surface area contributed by atoms with E-state index < -0.39 is 10.8 Å². The van der Waals surface area contributed by atoms with Gasteiger partial charge in [0.25, 0.3) is 0 Å². The van der Waals surface area contributed by atoms with Gasteiger partial charge in [-0.2, -0.15) is 0 Å². The second kappa shape index (κ2) is 6.74. The van der Waals surface area contributed by atoms with Crippen LogP contribution in [0.4, 0.5) is 0 Å². The molecule has 16 heavy (non-hydrogen) atoms. The maximum atomic E-state index is 10.8. The highest BCUT2D eigenvalue weighted by Crippen LogP contribution is 2.31. The Kier molecular flexibility index (Phi) is 5.96. The van der Waals surface area contributed by atoms with E-state index in [-0.39, 0.29) is 5.75 Å². The van der Waals surface area contributed by atoms with Crippen LogP contribution in [0.15, 0.2) is 21.1 Å². The van der Waals surface area contributed by atoms with Crippen molar-refractivity contribution in [2.45, 2.75) is 6.54 Å². The van der Waals surface area contributed by atoms with E-state index in [9.17, 15) is 9.32 Å². The Bertz CT molecular complexity index is 399. The van der Waals surface area contributed by atoms with Gasteiger partial charge in [-0.1, -0.05) is 15.9 Å². The van der Waals surface area contributed by atoms with Gasteiger partial charge in [-0.25, -0.2) is 0 Å². The molecule has 0 heterocycles. The predicted molar refractivity (Wildman–Crippen MR) is 74.1 cm³/mol. The standard InChI is InChI=1S/C10H13Br2NO2S/c1-16(15)3-2-13-6-7-4-8(11)5-9(12)10(7)14/h4-5,13-14H,2-3,6H2,1H3. The van der Waals surface area contributed by atoms with Crippen molar-refractivity contribution in [2.24, 2.45) is 0 Å². The molecule has 0 aromatic heterocycles. The number of phenols is 1. The van der Waals surface area contributed by atoms with Crippen molar-refractivity contribution in [1.29, 1.82) is 0 Å². The first kappa shape index (κ1) is 14.2. The summed E-state index contributed by atoms with van der Waals surface area (Å²) in [6.07, 6.45) is 1.68. The minimum atomic E-state index is -0.781. The molecular formula is C10H13Br2NO2S. The fourth-order valence-electron chi connectivity index (χ4n) is 1.19. The molecule has 0 aliphatic rings. The van der Waals surface area contributed by atoms with Crippen LogP contribution < -0.4 is 5.32 Å². The number of halogens is 2. The zero-order valence-corrected chi connectivity index (χ0v) is 12.8. The summed E-state index contributed by atoms with van der Waals surface area (Å²) < 4.78 is 12.4. The Hall–Kier alpha value is 0.0900. The van der Waals surface area contributed by atoms with E-state index in [1.807, 2.05) is 6.07 Å². The SMILES string of the molecule is CS(=O)CCNCc1cc(Br)cc(Br)c1O. The Labute approximate surface area is 114 Å². The van der Waals surface area contributed by atoms with Gasteiger partial charge in [-0.05, 0) is 28.1 Å². The minimum absolute atomic E-state index is 0.244. The molecule has 0 saturated heterocycles. The van der Waals surface area contributed by atoms with Crippen LogP contribution in [0.1, 0.15) is 5.56 Å². The van der Waals surface area contributed by atoms with Gasteiger partial charge in [0.1, 0.15) is 5.75 Å². The molecule has 2 N–H and O–H groups in total. The maximum Gasteiger partial charge on any atom is 0.134 e. The summed E-state index contributed by atoms with van der Waals surface area (Å²) in [6, 6.07) is 3.65. The van der Waals surface area contributed by atoms with E-state index >= 15 is 0 Å². The van der Waals surface area contributed by atoms with E-state index in [0.717, 1.165) is 10.0 Å². The van der Waals surface area contributed by atoms with E-state index in [4.69, 9.17) is 0 Å². The highest BCUT2D eigenvalue weighted by Gasteiger charge is 2.06. The Morgan fingerprint density at radius 3 is 2.75 bits per heavy atom. The van der Waals surface area contributed by atoms with Crippen LogP contribution >= 0.6 is 31.9 Å². The van der Waals surface area contributed by atoms with Crippen LogP contribution in [0.5, 0.6) is 5.75 Å². The largest absolute Gasteiger partial charge is 0.506 e. The average Bonchev–Trinajstić information content (AvgIpc) is 2.19. The number of phenolic OH excluding ortho intramolecular Hbond substituents is 1. The minimum Gasteiger partial charge on any atom is -0.506 e. The van der Waals surface area contributed by atoms with Gasteiger partial charge in [-0.3, -0.25) is 4.21 Å². The second-order valence-corrected chi connectivity index (χ2v) is 6.67. The van der Waals surface area contributed by atoms with Crippen molar-refractivity contribution in [3.63, 3.8) is 0 Å². The Morgan fingerprint density at radius 2 is 2.12 bits per heavy atom. The number of benzene rings is 1. The number of nitrogens with one attached hydrogen (secondary N) is 1. The molecule has 0 aliphatic carbocycles. The van der Waals surface area contributed by atoms with Gasteiger partial charge in [0, 0.05) is 45.9 Å². The lowest BCUT2D eigenvalue weighted by molar-refractivity contribution is 0.461. The maximum absolute atomic E-state index is 10.8. The summed E-state index contributed by atoms with van der Waals surface area (Å²) in [4.78, 5) is 0. The number of hydrogen-bond donors (Lipinski definition) is 2. The molecule has 0 fully saturated rings. The zero-order chi connectivity index (χ0) is 12.1. The molecule has 1 unspecified atom stereocenters. The lowest BCUT2D eigenvalue weighted by Crippen LogP contribution is -2.19. The normalized spacial score (nSPS) is 12.7. The van der Waals surface area contributed by atoms with E-state index in [1.165, 1.54) is 0 Å². The lowest BCUT2D eigenvalue weighted by atomic mass is 10.2. The van der Waals surface area contributed by atoms with Crippen molar-refractivity contribution in [2.75, 3.05) is 18.6 Å². The van der Waals surface area contributed by atoms with E-state index in [2.05, 4.69) is 37.2 Å². The highest BCUT2D eigenvalue weighted by molar-refractivity contribution is 9.11. The fourth-order valence-corrected chi connectivity index (χ4v) is 2.94. The predicted octanol–water partition coefficient (Wildman–Crippen LogP) is 2.39. The molecule has 0 aliphatic heterocycles. The third-order valence-electron chi connectivity index (χ3n) is 1.99. The first-order valence-corrected chi connectivity index (χ1v) is 7.99. The molecule has 0 saturated carbocycles. The molecule has 0 bridgehead atoms. The summed E-state index contributed by atoms with van der Waals surface area (Å²) in [5.41, 5.74) is 0.808. The molecule has 6 heteroatoms. The molecule has 1 atom stereocenters. The van der Waals surface area contributed by atoms with Crippen molar-refractivity contribution >= 4 is 42.7 Å². The van der Waals surface area contributed by atoms with Crippen molar-refractivity contribution in [1.82, 2.24) is 5.32 Å². The van der Waals surface area contributed by atoms with Crippen molar-refractivity contribution < 1.29 is 9.32 Å². The van der Waals surface area contributed by atoms with Crippen LogP contribution in [0, 0.1) is 0 Å². The number of rotatable bonds is 5. The lowest BCUT2D eigenvalue weighted by Gasteiger charge is -2.08. The van der Waals surface area contributed by atoms with Gasteiger partial charge < -0.3 is 10.4 Å². The first-order valence-electron chi connectivity index (χ1n) is 4.68. The van der Waals surface area contributed by atoms with E-state index in [1.54, 1.807) is 12.3 Å². The molecule has 90 valence electrons. The third-order valence-corrected chi connectivity index (χ3v) is 3.83. The van der Waals surface area contributed by atoms with Gasteiger partial charge in [0.05, 0.1) is 4.47 Å². The van der Waals surface area contributed by atoms with Crippen LogP contribution in [0.2, 0.25) is 0 Å². The van der Waals surface area contributed by atoms with Crippen LogP contribution in [0.3, 0.4) is 0 Å². The molecule has 0 spiro atoms. The highest BCUT2D eigenvalue weighted by atomic mass is 79.9. The number of aromatic hydroxyl groups is 1. The van der Waals surface area contributed by atoms with Crippen LogP contribution in [-0.2, 0) is 17.3 Å². The summed E-state index contributed by atoms with van der Waals surface area (Å²) >= 11 is 6.63. The molecule has 3 nitrogen and oxygen atoms in total. The quantitative estimate of drug-likeness (QED) is 0.782. The van der Waals surface area contributed by atoms with Gasteiger partial charge in [0.15, 0.2) is 0 Å². The molecule has 1 aromatic carbocycles. The second-order valence-electron chi connectivity index (χ2n) is 3.35. The number of hydrogen-bond acceptors (Lipinski definition) is 3. The smallest absolute Gasteiger partial charge is 0.134 e. The summed E-state index contributed by atoms with van der Waals surface area (Å²) in [5.74, 6) is 0.865. The average molecular weight is 371 g/mol. The first-order chi connectivity index (χ1) is 7.50. The molecule has 1 aromatic rings. The molecule has 0 radical (unpaired) electrons. The molecular weight excluding hydrogens is 358 g/mol. The molecule has 0 amide bonds. The Balaban J connectivity index is 2.57. The van der Waals surface area contributed by atoms with Gasteiger partial charge >= 0.3 is 0 Å². The fraction of sp³-hybridized carbons (Fsp3) is 0.400.